The lowest BCUT2D eigenvalue weighted by Gasteiger charge is -2.20. The fraction of sp³-hybridized carbons (Fsp3) is 0.250. The lowest BCUT2D eigenvalue weighted by molar-refractivity contribution is 0.477. The van der Waals surface area contributed by atoms with Crippen molar-refractivity contribution in [2.24, 2.45) is 5.73 Å². The highest BCUT2D eigenvalue weighted by Crippen LogP contribution is 2.34. The predicted molar refractivity (Wildman–Crippen MR) is 97.8 cm³/mol. The Bertz CT molecular complexity index is 926. The van der Waals surface area contributed by atoms with E-state index in [1.807, 2.05) is 0 Å². The molecule has 1 unspecified atom stereocenters. The molecule has 1 heterocycles. The minimum Gasteiger partial charge on any atom is -0.350 e. The zero-order valence-corrected chi connectivity index (χ0v) is 15.1. The predicted octanol–water partition coefficient (Wildman–Crippen LogP) is 3.05. The molecular weight excluding hydrogens is 386 g/mol. The summed E-state index contributed by atoms with van der Waals surface area (Å²) in [6, 6.07) is 8.20. The normalized spacial score (nSPS) is 18.1. The molecule has 1 fully saturated rings. The smallest absolute Gasteiger partial charge is 0.301 e. The van der Waals surface area contributed by atoms with Crippen LogP contribution in [0.25, 0.3) is 0 Å². The fourth-order valence-corrected chi connectivity index (χ4v) is 4.12. The quantitative estimate of drug-likeness (QED) is 0.717. The summed E-state index contributed by atoms with van der Waals surface area (Å²) in [7, 11) is -3.96. The van der Waals surface area contributed by atoms with Gasteiger partial charge in [0.25, 0.3) is 0 Å². The molecule has 140 valence electrons. The summed E-state index contributed by atoms with van der Waals surface area (Å²) in [5.41, 5.74) is 5.55. The van der Waals surface area contributed by atoms with Gasteiger partial charge in [0.15, 0.2) is 11.6 Å². The maximum atomic E-state index is 14.3. The molecule has 10 heteroatoms. The highest BCUT2D eigenvalue weighted by Gasteiger charge is 2.30. The van der Waals surface area contributed by atoms with Crippen molar-refractivity contribution < 1.29 is 17.2 Å². The zero-order valence-electron chi connectivity index (χ0n) is 13.5. The summed E-state index contributed by atoms with van der Waals surface area (Å²) in [6.45, 7) is 0.416. The first-order valence-electron chi connectivity index (χ1n) is 7.81. The van der Waals surface area contributed by atoms with Gasteiger partial charge < -0.3 is 11.1 Å². The first kappa shape index (κ1) is 18.8. The molecule has 0 radical (unpaired) electrons. The van der Waals surface area contributed by atoms with Crippen molar-refractivity contribution in [3.05, 3.63) is 53.1 Å². The largest absolute Gasteiger partial charge is 0.350 e. The van der Waals surface area contributed by atoms with Crippen LogP contribution in [-0.4, -0.2) is 31.9 Å². The molecule has 0 saturated carbocycles. The molecule has 1 aliphatic rings. The topological polar surface area (TPSA) is 87.5 Å². The molecule has 0 aliphatic carbocycles. The molecule has 26 heavy (non-hydrogen) atoms. The van der Waals surface area contributed by atoms with E-state index in [0.717, 1.165) is 16.4 Å². The average Bonchev–Trinajstić information content (AvgIpc) is 3.03. The monoisotopic (exact) mass is 402 g/mol. The number of anilines is 3. The van der Waals surface area contributed by atoms with Crippen LogP contribution in [0, 0.1) is 11.6 Å². The summed E-state index contributed by atoms with van der Waals surface area (Å²) >= 11 is 6.03. The number of nitrogens with two attached hydrogens (primary N) is 1. The Kier molecular flexibility index (Phi) is 5.33. The van der Waals surface area contributed by atoms with Crippen LogP contribution >= 0.6 is 11.6 Å². The van der Waals surface area contributed by atoms with E-state index < -0.39 is 21.8 Å². The summed E-state index contributed by atoms with van der Waals surface area (Å²) in [4.78, 5) is 0. The van der Waals surface area contributed by atoms with Crippen molar-refractivity contribution in [1.29, 1.82) is 0 Å². The van der Waals surface area contributed by atoms with E-state index in [1.54, 1.807) is 24.3 Å². The van der Waals surface area contributed by atoms with Gasteiger partial charge in [0.05, 0.1) is 16.4 Å². The van der Waals surface area contributed by atoms with Gasteiger partial charge in [-0.05, 0) is 30.7 Å². The summed E-state index contributed by atoms with van der Waals surface area (Å²) in [5.74, 6) is -2.34. The Balaban J connectivity index is 1.95. The minimum atomic E-state index is -3.96. The summed E-state index contributed by atoms with van der Waals surface area (Å²) in [6.07, 6.45) is 0.531. The van der Waals surface area contributed by atoms with Crippen molar-refractivity contribution in [1.82, 2.24) is 4.31 Å². The number of hydrogen-bond donors (Lipinski definition) is 3. The molecular formula is C16H17ClF2N4O2S. The van der Waals surface area contributed by atoms with E-state index in [0.29, 0.717) is 12.1 Å². The van der Waals surface area contributed by atoms with Gasteiger partial charge in [-0.1, -0.05) is 23.7 Å². The van der Waals surface area contributed by atoms with Crippen LogP contribution in [0.15, 0.2) is 36.4 Å². The SMILES string of the molecule is NC1CCN(S(=O)(=O)Nc2ccc(F)c(F)c2Nc2ccccc2Cl)C1. The fourth-order valence-electron chi connectivity index (χ4n) is 2.63. The molecule has 2 aromatic carbocycles. The van der Waals surface area contributed by atoms with Gasteiger partial charge in [-0.2, -0.15) is 12.7 Å². The van der Waals surface area contributed by atoms with Crippen LogP contribution < -0.4 is 15.8 Å². The number of hydrogen-bond acceptors (Lipinski definition) is 4. The zero-order chi connectivity index (χ0) is 18.9. The third kappa shape index (κ3) is 3.90. The molecule has 0 spiro atoms. The van der Waals surface area contributed by atoms with Gasteiger partial charge in [0, 0.05) is 19.1 Å². The number of nitrogens with zero attached hydrogens (tertiary/aromatic N) is 1. The minimum absolute atomic E-state index is 0.135. The number of benzene rings is 2. The number of rotatable bonds is 5. The van der Waals surface area contributed by atoms with Gasteiger partial charge in [-0.3, -0.25) is 4.72 Å². The molecule has 2 aromatic rings. The van der Waals surface area contributed by atoms with E-state index in [4.69, 9.17) is 17.3 Å². The van der Waals surface area contributed by atoms with Crippen LogP contribution in [0.1, 0.15) is 6.42 Å². The second-order valence-electron chi connectivity index (χ2n) is 5.90. The highest BCUT2D eigenvalue weighted by atomic mass is 35.5. The van der Waals surface area contributed by atoms with Gasteiger partial charge in [-0.15, -0.1) is 0 Å². The van der Waals surface area contributed by atoms with Crippen LogP contribution in [-0.2, 0) is 10.2 Å². The van der Waals surface area contributed by atoms with Crippen molar-refractivity contribution >= 4 is 38.9 Å². The molecule has 0 bridgehead atoms. The summed E-state index contributed by atoms with van der Waals surface area (Å²) < 4.78 is 56.5. The van der Waals surface area contributed by atoms with Crippen molar-refractivity contribution in [2.75, 3.05) is 23.1 Å². The van der Waals surface area contributed by atoms with Gasteiger partial charge in [-0.25, -0.2) is 8.78 Å². The Hall–Kier alpha value is -1.94. The molecule has 0 amide bonds. The van der Waals surface area contributed by atoms with E-state index in [2.05, 4.69) is 10.0 Å². The molecule has 1 aliphatic heterocycles. The average molecular weight is 403 g/mol. The van der Waals surface area contributed by atoms with Crippen LogP contribution in [0.5, 0.6) is 0 Å². The second-order valence-corrected chi connectivity index (χ2v) is 7.98. The lowest BCUT2D eigenvalue weighted by Crippen LogP contribution is -2.36. The Morgan fingerprint density at radius 2 is 1.88 bits per heavy atom. The van der Waals surface area contributed by atoms with Gasteiger partial charge in [0.1, 0.15) is 5.69 Å². The molecule has 1 saturated heterocycles. The molecule has 4 N–H and O–H groups in total. The lowest BCUT2D eigenvalue weighted by atomic mass is 10.2. The Morgan fingerprint density at radius 3 is 2.54 bits per heavy atom. The standard InChI is InChI=1S/C16H17ClF2N4O2S/c17-11-3-1-2-4-13(11)21-16-14(6-5-12(18)15(16)19)22-26(24,25)23-8-7-10(20)9-23/h1-6,10,21-22H,7-9,20H2. The van der Waals surface area contributed by atoms with Crippen molar-refractivity contribution in [3.63, 3.8) is 0 Å². The molecule has 0 aromatic heterocycles. The summed E-state index contributed by atoms with van der Waals surface area (Å²) in [5, 5.41) is 2.93. The molecule has 3 rings (SSSR count). The Labute approximate surface area is 155 Å². The van der Waals surface area contributed by atoms with Gasteiger partial charge >= 0.3 is 10.2 Å². The Morgan fingerprint density at radius 1 is 1.15 bits per heavy atom. The number of para-hydroxylation sites is 1. The maximum Gasteiger partial charge on any atom is 0.301 e. The molecule has 6 nitrogen and oxygen atoms in total. The first-order valence-corrected chi connectivity index (χ1v) is 9.63. The van der Waals surface area contributed by atoms with Crippen LogP contribution in [0.2, 0.25) is 5.02 Å². The van der Waals surface area contributed by atoms with E-state index in [-0.39, 0.29) is 35.5 Å². The maximum absolute atomic E-state index is 14.3. The van der Waals surface area contributed by atoms with Crippen LogP contribution in [0.3, 0.4) is 0 Å². The van der Waals surface area contributed by atoms with E-state index in [1.165, 1.54) is 0 Å². The highest BCUT2D eigenvalue weighted by molar-refractivity contribution is 7.90. The molecule has 1 atom stereocenters. The third-order valence-corrected chi connectivity index (χ3v) is 5.81. The number of nitrogens with one attached hydrogen (secondary N) is 2. The third-order valence-electron chi connectivity index (χ3n) is 3.99. The van der Waals surface area contributed by atoms with E-state index >= 15 is 0 Å². The van der Waals surface area contributed by atoms with Crippen molar-refractivity contribution in [2.45, 2.75) is 12.5 Å². The van der Waals surface area contributed by atoms with Crippen LogP contribution in [0.4, 0.5) is 25.8 Å². The number of halogens is 3. The van der Waals surface area contributed by atoms with E-state index in [9.17, 15) is 17.2 Å². The second kappa shape index (κ2) is 7.36. The van der Waals surface area contributed by atoms with Crippen molar-refractivity contribution in [3.8, 4) is 0 Å². The van der Waals surface area contributed by atoms with Gasteiger partial charge in [0.2, 0.25) is 0 Å². The first-order chi connectivity index (χ1) is 12.3.